The van der Waals surface area contributed by atoms with E-state index in [-0.39, 0.29) is 0 Å². The second kappa shape index (κ2) is 5.22. The van der Waals surface area contributed by atoms with E-state index >= 15 is 0 Å². The Hall–Kier alpha value is -0.480. The Morgan fingerprint density at radius 2 is 2.25 bits per heavy atom. The van der Waals surface area contributed by atoms with Crippen LogP contribution in [-0.2, 0) is 0 Å². The van der Waals surface area contributed by atoms with Crippen LogP contribution in [0.1, 0.15) is 0 Å². The maximum absolute atomic E-state index is 5.70. The molecule has 0 saturated heterocycles. The van der Waals surface area contributed by atoms with Gasteiger partial charge in [0.25, 0.3) is 5.88 Å². The number of hydrogen-bond acceptors (Lipinski definition) is 4. The van der Waals surface area contributed by atoms with E-state index in [1.165, 1.54) is 6.20 Å². The fourth-order valence-electron chi connectivity index (χ4n) is 0.627. The van der Waals surface area contributed by atoms with Gasteiger partial charge in [0.1, 0.15) is 0 Å². The summed E-state index contributed by atoms with van der Waals surface area (Å²) in [6.45, 7) is 0.611. The molecule has 0 N–H and O–H groups in total. The molecule has 12 heavy (non-hydrogen) atoms. The molecule has 0 aliphatic carbocycles. The smallest absolute Gasteiger partial charge is 0.252 e. The van der Waals surface area contributed by atoms with Crippen LogP contribution in [0, 0.1) is 0 Å². The summed E-state index contributed by atoms with van der Waals surface area (Å²) >= 11 is 7.41. The summed E-state index contributed by atoms with van der Waals surface area (Å²) in [7, 11) is 0. The zero-order valence-electron chi connectivity index (χ0n) is 6.66. The topological polar surface area (TPSA) is 35.0 Å². The number of nitrogens with zero attached hydrogens (tertiary/aromatic N) is 2. The molecule has 1 aromatic rings. The summed E-state index contributed by atoms with van der Waals surface area (Å²) in [5, 5.41) is 0.318. The molecule has 0 spiro atoms. The van der Waals surface area contributed by atoms with Crippen LogP contribution < -0.4 is 4.74 Å². The fraction of sp³-hybridized carbons (Fsp3) is 0.429. The second-order valence-electron chi connectivity index (χ2n) is 1.99. The van der Waals surface area contributed by atoms with Gasteiger partial charge in [-0.25, -0.2) is 9.97 Å². The van der Waals surface area contributed by atoms with Crippen LogP contribution in [0.25, 0.3) is 0 Å². The predicted octanol–water partition coefficient (Wildman–Crippen LogP) is 1.87. The first kappa shape index (κ1) is 9.61. The molecular weight excluding hydrogens is 196 g/mol. The minimum absolute atomic E-state index is 0.318. The van der Waals surface area contributed by atoms with Crippen molar-refractivity contribution < 1.29 is 4.74 Å². The second-order valence-corrected chi connectivity index (χ2v) is 3.34. The van der Waals surface area contributed by atoms with Crippen LogP contribution in [0.5, 0.6) is 5.88 Å². The van der Waals surface area contributed by atoms with Crippen molar-refractivity contribution in [3.8, 4) is 5.88 Å². The van der Waals surface area contributed by atoms with E-state index in [2.05, 4.69) is 9.97 Å². The van der Waals surface area contributed by atoms with Gasteiger partial charge in [0.05, 0.1) is 6.61 Å². The van der Waals surface area contributed by atoms with Gasteiger partial charge in [-0.15, -0.1) is 0 Å². The Morgan fingerprint density at radius 1 is 1.50 bits per heavy atom. The molecule has 0 atom stereocenters. The normalized spacial score (nSPS) is 9.83. The monoisotopic (exact) mass is 204 g/mol. The van der Waals surface area contributed by atoms with Crippen LogP contribution in [0.2, 0.25) is 5.15 Å². The van der Waals surface area contributed by atoms with E-state index in [0.29, 0.717) is 17.6 Å². The molecule has 0 aliphatic rings. The summed E-state index contributed by atoms with van der Waals surface area (Å²) in [6.07, 6.45) is 5.10. The summed E-state index contributed by atoms with van der Waals surface area (Å²) < 4.78 is 5.25. The molecule has 66 valence electrons. The molecule has 1 rings (SSSR count). The zero-order valence-corrected chi connectivity index (χ0v) is 8.23. The van der Waals surface area contributed by atoms with E-state index < -0.39 is 0 Å². The lowest BCUT2D eigenvalue weighted by atomic mass is 10.7. The van der Waals surface area contributed by atoms with Crippen molar-refractivity contribution >= 4 is 23.4 Å². The van der Waals surface area contributed by atoms with Gasteiger partial charge in [-0.05, 0) is 6.26 Å². The molecule has 0 aromatic carbocycles. The first-order chi connectivity index (χ1) is 5.84. The minimum Gasteiger partial charge on any atom is -0.475 e. The zero-order chi connectivity index (χ0) is 8.81. The van der Waals surface area contributed by atoms with Crippen LogP contribution >= 0.6 is 23.4 Å². The predicted molar refractivity (Wildman–Crippen MR) is 50.9 cm³/mol. The average Bonchev–Trinajstić information content (AvgIpc) is 2.09. The summed E-state index contributed by atoms with van der Waals surface area (Å²) in [6, 6.07) is 0. The lowest BCUT2D eigenvalue weighted by Crippen LogP contribution is -2.02. The summed E-state index contributed by atoms with van der Waals surface area (Å²) in [5.74, 6) is 1.33. The van der Waals surface area contributed by atoms with Gasteiger partial charge in [-0.2, -0.15) is 11.8 Å². The molecule has 3 nitrogen and oxygen atoms in total. The van der Waals surface area contributed by atoms with Crippen molar-refractivity contribution in [2.24, 2.45) is 0 Å². The first-order valence-electron chi connectivity index (χ1n) is 3.43. The van der Waals surface area contributed by atoms with Crippen molar-refractivity contribution in [1.82, 2.24) is 9.97 Å². The summed E-state index contributed by atoms with van der Waals surface area (Å²) in [5.41, 5.74) is 0. The van der Waals surface area contributed by atoms with Gasteiger partial charge in [-0.1, -0.05) is 11.6 Å². The standard InChI is InChI=1S/C7H9ClN2OS/c1-12-5-4-11-7-6(8)9-2-3-10-7/h2-3H,4-5H2,1H3. The van der Waals surface area contributed by atoms with Gasteiger partial charge in [-0.3, -0.25) is 0 Å². The van der Waals surface area contributed by atoms with Crippen LogP contribution in [0.4, 0.5) is 0 Å². The Balaban J connectivity index is 2.46. The minimum atomic E-state index is 0.318. The van der Waals surface area contributed by atoms with Gasteiger partial charge in [0, 0.05) is 18.1 Å². The Morgan fingerprint density at radius 3 is 2.92 bits per heavy atom. The summed E-state index contributed by atoms with van der Waals surface area (Å²) in [4.78, 5) is 7.75. The van der Waals surface area contributed by atoms with Crippen molar-refractivity contribution in [2.75, 3.05) is 18.6 Å². The molecule has 0 saturated carbocycles. The van der Waals surface area contributed by atoms with Crippen molar-refractivity contribution in [1.29, 1.82) is 0 Å². The number of rotatable bonds is 4. The Bertz CT molecular complexity index is 247. The highest BCUT2D eigenvalue weighted by atomic mass is 35.5. The lowest BCUT2D eigenvalue weighted by Gasteiger charge is -2.03. The highest BCUT2D eigenvalue weighted by molar-refractivity contribution is 7.98. The van der Waals surface area contributed by atoms with Crippen molar-refractivity contribution in [2.45, 2.75) is 0 Å². The highest BCUT2D eigenvalue weighted by Gasteiger charge is 2.01. The van der Waals surface area contributed by atoms with Crippen LogP contribution in [0.3, 0.4) is 0 Å². The molecule has 0 bridgehead atoms. The Kier molecular flexibility index (Phi) is 4.18. The number of thioether (sulfide) groups is 1. The van der Waals surface area contributed by atoms with E-state index in [0.717, 1.165) is 5.75 Å². The molecule has 0 unspecified atom stereocenters. The van der Waals surface area contributed by atoms with E-state index in [9.17, 15) is 0 Å². The average molecular weight is 205 g/mol. The maximum Gasteiger partial charge on any atom is 0.252 e. The number of ether oxygens (including phenoxy) is 1. The lowest BCUT2D eigenvalue weighted by molar-refractivity contribution is 0.329. The SMILES string of the molecule is CSCCOc1nccnc1Cl. The molecule has 0 aliphatic heterocycles. The molecule has 0 amide bonds. The highest BCUT2D eigenvalue weighted by Crippen LogP contribution is 2.16. The molecule has 0 fully saturated rings. The van der Waals surface area contributed by atoms with E-state index in [1.807, 2.05) is 6.26 Å². The van der Waals surface area contributed by atoms with Gasteiger partial charge < -0.3 is 4.74 Å². The third-order valence-corrected chi connectivity index (χ3v) is 1.98. The number of halogens is 1. The van der Waals surface area contributed by atoms with Gasteiger partial charge in [0.15, 0.2) is 5.15 Å². The first-order valence-corrected chi connectivity index (χ1v) is 5.20. The quantitative estimate of drug-likeness (QED) is 0.702. The maximum atomic E-state index is 5.70. The third kappa shape index (κ3) is 2.87. The molecule has 1 heterocycles. The van der Waals surface area contributed by atoms with E-state index in [4.69, 9.17) is 16.3 Å². The number of aromatic nitrogens is 2. The van der Waals surface area contributed by atoms with Gasteiger partial charge >= 0.3 is 0 Å². The largest absolute Gasteiger partial charge is 0.475 e. The van der Waals surface area contributed by atoms with Crippen molar-refractivity contribution in [3.05, 3.63) is 17.5 Å². The van der Waals surface area contributed by atoms with E-state index in [1.54, 1.807) is 18.0 Å². The van der Waals surface area contributed by atoms with Crippen LogP contribution in [-0.4, -0.2) is 28.6 Å². The number of hydrogen-bond donors (Lipinski definition) is 0. The molecule has 0 radical (unpaired) electrons. The Labute approximate surface area is 80.5 Å². The van der Waals surface area contributed by atoms with Crippen LogP contribution in [0.15, 0.2) is 12.4 Å². The third-order valence-electron chi connectivity index (χ3n) is 1.15. The van der Waals surface area contributed by atoms with Gasteiger partial charge in [0.2, 0.25) is 0 Å². The van der Waals surface area contributed by atoms with Crippen molar-refractivity contribution in [3.63, 3.8) is 0 Å². The molecular formula is C7H9ClN2OS. The molecule has 5 heteroatoms. The fourth-order valence-corrected chi connectivity index (χ4v) is 1.04. The molecule has 1 aromatic heterocycles.